The van der Waals surface area contributed by atoms with E-state index < -0.39 is 10.0 Å². The molecule has 0 spiro atoms. The largest absolute Gasteiger partial charge is 0.325 e. The summed E-state index contributed by atoms with van der Waals surface area (Å²) in [5.74, 6) is -0.326. The van der Waals surface area contributed by atoms with Gasteiger partial charge in [0.05, 0.1) is 12.8 Å². The van der Waals surface area contributed by atoms with Gasteiger partial charge in [0.2, 0.25) is 15.9 Å². The molecule has 1 unspecified atom stereocenters. The van der Waals surface area contributed by atoms with Gasteiger partial charge in [-0.1, -0.05) is 45.9 Å². The van der Waals surface area contributed by atoms with E-state index in [-0.39, 0.29) is 23.9 Å². The van der Waals surface area contributed by atoms with Crippen LogP contribution in [-0.4, -0.2) is 37.5 Å². The topological polar surface area (TPSA) is 66.5 Å². The van der Waals surface area contributed by atoms with Gasteiger partial charge in [0, 0.05) is 11.7 Å². The second kappa shape index (κ2) is 7.45. The Labute approximate surface area is 140 Å². The predicted molar refractivity (Wildman–Crippen MR) is 95.1 cm³/mol. The van der Waals surface area contributed by atoms with Gasteiger partial charge in [-0.15, -0.1) is 0 Å². The maximum atomic E-state index is 12.4. The summed E-state index contributed by atoms with van der Waals surface area (Å²) in [7, 11) is -3.43. The van der Waals surface area contributed by atoms with Crippen molar-refractivity contribution in [3.63, 3.8) is 0 Å². The Morgan fingerprint density at radius 1 is 1.26 bits per heavy atom. The number of para-hydroxylation sites is 1. The molecule has 0 fully saturated rings. The second-order valence-electron chi connectivity index (χ2n) is 6.91. The number of rotatable bonds is 6. The molecule has 0 saturated heterocycles. The zero-order chi connectivity index (χ0) is 17.8. The first-order valence-electron chi connectivity index (χ1n) is 7.83. The predicted octanol–water partition coefficient (Wildman–Crippen LogP) is 2.98. The molecule has 1 aromatic carbocycles. The number of hydrogen-bond donors (Lipinski definition) is 1. The Morgan fingerprint density at radius 2 is 1.83 bits per heavy atom. The summed E-state index contributed by atoms with van der Waals surface area (Å²) in [4.78, 5) is 12.4. The van der Waals surface area contributed by atoms with E-state index in [1.807, 2.05) is 31.2 Å². The highest BCUT2D eigenvalue weighted by Gasteiger charge is 2.25. The van der Waals surface area contributed by atoms with Crippen LogP contribution in [-0.2, 0) is 20.2 Å². The first-order valence-corrected chi connectivity index (χ1v) is 9.67. The molecule has 1 amide bonds. The Bertz CT molecular complexity index is 648. The Balaban J connectivity index is 2.97. The molecule has 0 radical (unpaired) electrons. The molecule has 0 aliphatic heterocycles. The molecule has 0 heterocycles. The Hall–Kier alpha value is -1.40. The highest BCUT2D eigenvalue weighted by Crippen LogP contribution is 2.29. The monoisotopic (exact) mass is 340 g/mol. The van der Waals surface area contributed by atoms with Crippen LogP contribution in [0.3, 0.4) is 0 Å². The van der Waals surface area contributed by atoms with Crippen LogP contribution in [0.4, 0.5) is 5.69 Å². The Morgan fingerprint density at radius 3 is 2.30 bits per heavy atom. The number of amides is 1. The maximum absolute atomic E-state index is 12.4. The van der Waals surface area contributed by atoms with Crippen LogP contribution >= 0.6 is 0 Å². The molecule has 130 valence electrons. The van der Waals surface area contributed by atoms with E-state index >= 15 is 0 Å². The molecule has 0 aliphatic rings. The number of anilines is 1. The molecular formula is C17H28N2O3S. The van der Waals surface area contributed by atoms with Crippen molar-refractivity contribution in [3.8, 4) is 0 Å². The summed E-state index contributed by atoms with van der Waals surface area (Å²) < 4.78 is 25.0. The summed E-state index contributed by atoms with van der Waals surface area (Å²) >= 11 is 0. The number of carbonyl (C=O) groups excluding carboxylic acids is 1. The third-order valence-corrected chi connectivity index (χ3v) is 5.16. The maximum Gasteiger partial charge on any atom is 0.239 e. The van der Waals surface area contributed by atoms with Crippen molar-refractivity contribution in [2.24, 2.45) is 0 Å². The molecule has 1 N–H and O–H groups in total. The number of nitrogens with zero attached hydrogens (tertiary/aromatic N) is 1. The van der Waals surface area contributed by atoms with Gasteiger partial charge in [0.25, 0.3) is 0 Å². The van der Waals surface area contributed by atoms with Crippen molar-refractivity contribution in [1.82, 2.24) is 4.31 Å². The summed E-state index contributed by atoms with van der Waals surface area (Å²) in [6.45, 7) is 9.74. The number of nitrogens with one attached hydrogen (secondary N) is 1. The first-order chi connectivity index (χ1) is 10.5. The van der Waals surface area contributed by atoms with E-state index in [4.69, 9.17) is 0 Å². The number of carbonyl (C=O) groups is 1. The van der Waals surface area contributed by atoms with Gasteiger partial charge >= 0.3 is 0 Å². The molecule has 5 nitrogen and oxygen atoms in total. The van der Waals surface area contributed by atoms with Crippen LogP contribution < -0.4 is 5.32 Å². The van der Waals surface area contributed by atoms with Crippen molar-refractivity contribution >= 4 is 21.6 Å². The van der Waals surface area contributed by atoms with Gasteiger partial charge in [-0.05, 0) is 30.4 Å². The van der Waals surface area contributed by atoms with Crippen molar-refractivity contribution in [2.45, 2.75) is 52.5 Å². The highest BCUT2D eigenvalue weighted by atomic mass is 32.2. The van der Waals surface area contributed by atoms with Crippen LogP contribution in [0.2, 0.25) is 0 Å². The van der Waals surface area contributed by atoms with Crippen LogP contribution in [0, 0.1) is 0 Å². The lowest BCUT2D eigenvalue weighted by Crippen LogP contribution is -2.42. The van der Waals surface area contributed by atoms with Gasteiger partial charge in [-0.2, -0.15) is 4.31 Å². The zero-order valence-corrected chi connectivity index (χ0v) is 15.7. The van der Waals surface area contributed by atoms with Crippen LogP contribution in [0.1, 0.15) is 46.6 Å². The van der Waals surface area contributed by atoms with Crippen LogP contribution in [0.5, 0.6) is 0 Å². The number of hydrogen-bond acceptors (Lipinski definition) is 3. The van der Waals surface area contributed by atoms with Crippen molar-refractivity contribution < 1.29 is 13.2 Å². The molecule has 6 heteroatoms. The minimum atomic E-state index is -3.43. The third-order valence-electron chi connectivity index (χ3n) is 3.82. The SMILES string of the molecule is CCC(C)N(CC(=O)Nc1ccccc1C(C)(C)C)S(C)(=O)=O. The first kappa shape index (κ1) is 19.6. The van der Waals surface area contributed by atoms with Crippen molar-refractivity contribution in [3.05, 3.63) is 29.8 Å². The highest BCUT2D eigenvalue weighted by molar-refractivity contribution is 7.88. The smallest absolute Gasteiger partial charge is 0.239 e. The second-order valence-corrected chi connectivity index (χ2v) is 8.84. The quantitative estimate of drug-likeness (QED) is 0.866. The molecule has 23 heavy (non-hydrogen) atoms. The molecule has 0 aromatic heterocycles. The van der Waals surface area contributed by atoms with Gasteiger partial charge in [0.15, 0.2) is 0 Å². The van der Waals surface area contributed by atoms with E-state index in [2.05, 4.69) is 26.1 Å². The van der Waals surface area contributed by atoms with E-state index in [0.717, 1.165) is 17.5 Å². The standard InChI is InChI=1S/C17H28N2O3S/c1-7-13(2)19(23(6,21)22)12-16(20)18-15-11-9-8-10-14(15)17(3,4)5/h8-11,13H,7,12H2,1-6H3,(H,18,20). The summed E-state index contributed by atoms with van der Waals surface area (Å²) in [6, 6.07) is 7.38. The average Bonchev–Trinajstić information content (AvgIpc) is 2.42. The average molecular weight is 340 g/mol. The Kier molecular flexibility index (Phi) is 6.36. The zero-order valence-electron chi connectivity index (χ0n) is 14.9. The fraction of sp³-hybridized carbons (Fsp3) is 0.588. The van der Waals surface area contributed by atoms with Gasteiger partial charge in [-0.3, -0.25) is 4.79 Å². The lowest BCUT2D eigenvalue weighted by Gasteiger charge is -2.26. The summed E-state index contributed by atoms with van der Waals surface area (Å²) in [6.07, 6.45) is 1.79. The van der Waals surface area contributed by atoms with E-state index in [1.54, 1.807) is 6.92 Å². The van der Waals surface area contributed by atoms with Gasteiger partial charge < -0.3 is 5.32 Å². The molecule has 0 aliphatic carbocycles. The molecule has 1 aromatic rings. The molecule has 0 saturated carbocycles. The normalized spacial score (nSPS) is 13.9. The summed E-state index contributed by atoms with van der Waals surface area (Å²) in [5.41, 5.74) is 1.63. The molecule has 0 bridgehead atoms. The minimum Gasteiger partial charge on any atom is -0.325 e. The van der Waals surface area contributed by atoms with E-state index in [0.29, 0.717) is 6.42 Å². The molecule has 1 atom stereocenters. The molecular weight excluding hydrogens is 312 g/mol. The minimum absolute atomic E-state index is 0.114. The van der Waals surface area contributed by atoms with E-state index in [1.165, 1.54) is 4.31 Å². The molecule has 1 rings (SSSR count). The number of benzene rings is 1. The van der Waals surface area contributed by atoms with Crippen molar-refractivity contribution in [1.29, 1.82) is 0 Å². The van der Waals surface area contributed by atoms with Gasteiger partial charge in [0.1, 0.15) is 0 Å². The van der Waals surface area contributed by atoms with Crippen LogP contribution in [0.15, 0.2) is 24.3 Å². The lowest BCUT2D eigenvalue weighted by atomic mass is 9.86. The fourth-order valence-electron chi connectivity index (χ4n) is 2.38. The fourth-order valence-corrected chi connectivity index (χ4v) is 3.54. The van der Waals surface area contributed by atoms with Crippen molar-refractivity contribution in [2.75, 3.05) is 18.1 Å². The third kappa shape index (κ3) is 5.62. The van der Waals surface area contributed by atoms with Gasteiger partial charge in [-0.25, -0.2) is 8.42 Å². The summed E-state index contributed by atoms with van der Waals surface area (Å²) in [5, 5.41) is 2.85. The number of sulfonamides is 1. The van der Waals surface area contributed by atoms with E-state index in [9.17, 15) is 13.2 Å². The van der Waals surface area contributed by atoms with Crippen LogP contribution in [0.25, 0.3) is 0 Å². The lowest BCUT2D eigenvalue weighted by molar-refractivity contribution is -0.116.